The molecule has 2 unspecified atom stereocenters. The van der Waals surface area contributed by atoms with Crippen LogP contribution in [0.25, 0.3) is 0 Å². The zero-order valence-corrected chi connectivity index (χ0v) is 13.3. The van der Waals surface area contributed by atoms with E-state index in [0.717, 1.165) is 25.9 Å². The van der Waals surface area contributed by atoms with Crippen molar-refractivity contribution < 1.29 is 18.0 Å². The van der Waals surface area contributed by atoms with Crippen LogP contribution >= 0.6 is 12.4 Å². The normalized spacial score (nSPS) is 28.5. The van der Waals surface area contributed by atoms with E-state index in [0.29, 0.717) is 12.3 Å². The molecule has 0 spiro atoms. The zero-order valence-electron chi connectivity index (χ0n) is 12.5. The summed E-state index contributed by atoms with van der Waals surface area (Å²) in [4.78, 5) is 13.7. The quantitative estimate of drug-likeness (QED) is 0.864. The van der Waals surface area contributed by atoms with Crippen molar-refractivity contribution in [2.45, 2.75) is 51.2 Å². The van der Waals surface area contributed by atoms with E-state index < -0.39 is 17.6 Å². The SMILES string of the molecule is CC1(C)C(C(F)(F)F)CCN1C(=O)CCC1CCNC1.Cl. The predicted octanol–water partition coefficient (Wildman–Crippen LogP) is 2.99. The lowest BCUT2D eigenvalue weighted by Crippen LogP contribution is -2.49. The van der Waals surface area contributed by atoms with E-state index in [1.807, 2.05) is 0 Å². The summed E-state index contributed by atoms with van der Waals surface area (Å²) in [5.41, 5.74) is -1.12. The smallest absolute Gasteiger partial charge is 0.337 e. The molecule has 2 aliphatic rings. The molecule has 0 aliphatic carbocycles. The van der Waals surface area contributed by atoms with Crippen LogP contribution in [0, 0.1) is 11.8 Å². The van der Waals surface area contributed by atoms with Crippen LogP contribution in [0.5, 0.6) is 0 Å². The van der Waals surface area contributed by atoms with E-state index in [9.17, 15) is 18.0 Å². The van der Waals surface area contributed by atoms with Crippen LogP contribution in [0.4, 0.5) is 13.2 Å². The second kappa shape index (κ2) is 6.73. The monoisotopic (exact) mass is 328 g/mol. The van der Waals surface area contributed by atoms with Crippen molar-refractivity contribution in [3.8, 4) is 0 Å². The Labute approximate surface area is 130 Å². The summed E-state index contributed by atoms with van der Waals surface area (Å²) in [7, 11) is 0. The molecule has 1 N–H and O–H groups in total. The number of alkyl halides is 3. The van der Waals surface area contributed by atoms with Crippen LogP contribution in [-0.2, 0) is 4.79 Å². The maximum atomic E-state index is 13.0. The van der Waals surface area contributed by atoms with Crippen LogP contribution in [-0.4, -0.2) is 42.2 Å². The van der Waals surface area contributed by atoms with Gasteiger partial charge in [0.25, 0.3) is 0 Å². The van der Waals surface area contributed by atoms with Gasteiger partial charge in [-0.3, -0.25) is 4.79 Å². The third-order valence-corrected chi connectivity index (χ3v) is 4.81. The lowest BCUT2D eigenvalue weighted by atomic mass is 9.87. The third kappa shape index (κ3) is 4.03. The molecule has 3 nitrogen and oxygen atoms in total. The maximum Gasteiger partial charge on any atom is 0.394 e. The highest BCUT2D eigenvalue weighted by Crippen LogP contribution is 2.45. The summed E-state index contributed by atoms with van der Waals surface area (Å²) in [6.07, 6.45) is -2.02. The highest BCUT2D eigenvalue weighted by Gasteiger charge is 2.55. The van der Waals surface area contributed by atoms with Gasteiger partial charge in [0.1, 0.15) is 0 Å². The third-order valence-electron chi connectivity index (χ3n) is 4.81. The molecule has 2 atom stereocenters. The second-order valence-corrected chi connectivity index (χ2v) is 6.48. The van der Waals surface area contributed by atoms with Crippen molar-refractivity contribution >= 4 is 18.3 Å². The van der Waals surface area contributed by atoms with Gasteiger partial charge in [-0.25, -0.2) is 0 Å². The number of carbonyl (C=O) groups excluding carboxylic acids is 1. The lowest BCUT2D eigenvalue weighted by molar-refractivity contribution is -0.192. The number of hydrogen-bond acceptors (Lipinski definition) is 2. The lowest BCUT2D eigenvalue weighted by Gasteiger charge is -2.37. The van der Waals surface area contributed by atoms with Crippen molar-refractivity contribution in [3.05, 3.63) is 0 Å². The first-order chi connectivity index (χ1) is 9.23. The van der Waals surface area contributed by atoms with Gasteiger partial charge in [0.05, 0.1) is 5.92 Å². The van der Waals surface area contributed by atoms with Crippen LogP contribution in [0.1, 0.15) is 39.5 Å². The average molecular weight is 329 g/mol. The summed E-state index contributed by atoms with van der Waals surface area (Å²) in [6, 6.07) is 0. The van der Waals surface area contributed by atoms with Crippen LogP contribution < -0.4 is 5.32 Å². The molecule has 2 fully saturated rings. The molecule has 0 aromatic rings. The minimum Gasteiger partial charge on any atom is -0.337 e. The number of carbonyl (C=O) groups is 1. The molecule has 0 aromatic heterocycles. The fourth-order valence-electron chi connectivity index (χ4n) is 3.52. The van der Waals surface area contributed by atoms with Gasteiger partial charge in [-0.1, -0.05) is 0 Å². The summed E-state index contributed by atoms with van der Waals surface area (Å²) < 4.78 is 38.9. The highest BCUT2D eigenvalue weighted by molar-refractivity contribution is 5.85. The molecule has 0 saturated carbocycles. The molecule has 2 saturated heterocycles. The predicted molar refractivity (Wildman–Crippen MR) is 77.4 cm³/mol. The van der Waals surface area contributed by atoms with Crippen molar-refractivity contribution in [1.82, 2.24) is 10.2 Å². The van der Waals surface area contributed by atoms with Crippen LogP contribution in [0.2, 0.25) is 0 Å². The molecule has 0 radical (unpaired) electrons. The van der Waals surface area contributed by atoms with E-state index in [1.54, 1.807) is 0 Å². The number of nitrogens with zero attached hydrogens (tertiary/aromatic N) is 1. The van der Waals surface area contributed by atoms with Crippen LogP contribution in [0.3, 0.4) is 0 Å². The minimum atomic E-state index is -4.23. The number of amides is 1. The van der Waals surface area contributed by atoms with Gasteiger partial charge >= 0.3 is 6.18 Å². The Balaban J connectivity index is 0.00000220. The van der Waals surface area contributed by atoms with Crippen LogP contribution in [0.15, 0.2) is 0 Å². The average Bonchev–Trinajstić information content (AvgIpc) is 2.91. The number of halogens is 4. The van der Waals surface area contributed by atoms with Gasteiger partial charge in [0.2, 0.25) is 5.91 Å². The van der Waals surface area contributed by atoms with Gasteiger partial charge in [-0.2, -0.15) is 13.2 Å². The molecule has 21 heavy (non-hydrogen) atoms. The molecule has 124 valence electrons. The van der Waals surface area contributed by atoms with Gasteiger partial charge in [0.15, 0.2) is 0 Å². The van der Waals surface area contributed by atoms with Gasteiger partial charge in [-0.05, 0) is 52.1 Å². The standard InChI is InChI=1S/C14H23F3N2O.ClH/c1-13(2)11(14(15,16)17)6-8-19(13)12(20)4-3-10-5-7-18-9-10;/h10-11,18H,3-9H2,1-2H3;1H. The van der Waals surface area contributed by atoms with Gasteiger partial charge < -0.3 is 10.2 Å². The molecule has 2 aliphatic heterocycles. The number of rotatable bonds is 3. The zero-order chi connectivity index (χ0) is 15.0. The Hall–Kier alpha value is -0.490. The van der Waals surface area contributed by atoms with E-state index in [4.69, 9.17) is 0 Å². The summed E-state index contributed by atoms with van der Waals surface area (Å²) in [6.45, 7) is 5.19. The highest BCUT2D eigenvalue weighted by atomic mass is 35.5. The molecular weight excluding hydrogens is 305 g/mol. The summed E-state index contributed by atoms with van der Waals surface area (Å²) in [5, 5.41) is 3.24. The molecule has 2 heterocycles. The van der Waals surface area contributed by atoms with Gasteiger partial charge in [0, 0.05) is 18.5 Å². The fraction of sp³-hybridized carbons (Fsp3) is 0.929. The largest absolute Gasteiger partial charge is 0.394 e. The number of likely N-dealkylation sites (tertiary alicyclic amines) is 1. The first-order valence-electron chi connectivity index (χ1n) is 7.31. The Morgan fingerprint density at radius 1 is 1.33 bits per heavy atom. The second-order valence-electron chi connectivity index (χ2n) is 6.48. The minimum absolute atomic E-state index is 0. The Morgan fingerprint density at radius 3 is 2.48 bits per heavy atom. The topological polar surface area (TPSA) is 32.3 Å². The summed E-state index contributed by atoms with van der Waals surface area (Å²) in [5.74, 6) is -1.05. The maximum absolute atomic E-state index is 13.0. The first kappa shape index (κ1) is 18.6. The van der Waals surface area contributed by atoms with Crippen molar-refractivity contribution in [1.29, 1.82) is 0 Å². The van der Waals surface area contributed by atoms with E-state index >= 15 is 0 Å². The molecule has 1 amide bonds. The van der Waals surface area contributed by atoms with E-state index in [2.05, 4.69) is 5.32 Å². The molecule has 7 heteroatoms. The Kier molecular flexibility index (Phi) is 5.95. The molecule has 2 rings (SSSR count). The van der Waals surface area contributed by atoms with Crippen molar-refractivity contribution in [2.24, 2.45) is 11.8 Å². The van der Waals surface area contributed by atoms with Crippen molar-refractivity contribution in [3.63, 3.8) is 0 Å². The first-order valence-corrected chi connectivity index (χ1v) is 7.31. The Morgan fingerprint density at radius 2 is 2.00 bits per heavy atom. The molecule has 0 bridgehead atoms. The van der Waals surface area contributed by atoms with Gasteiger partial charge in [-0.15, -0.1) is 12.4 Å². The number of nitrogens with one attached hydrogen (secondary N) is 1. The van der Waals surface area contributed by atoms with E-state index in [-0.39, 0.29) is 31.3 Å². The van der Waals surface area contributed by atoms with E-state index in [1.165, 1.54) is 18.7 Å². The Bertz CT molecular complexity index is 368. The summed E-state index contributed by atoms with van der Waals surface area (Å²) >= 11 is 0. The fourth-order valence-corrected chi connectivity index (χ4v) is 3.52. The number of hydrogen-bond donors (Lipinski definition) is 1. The van der Waals surface area contributed by atoms with Crippen molar-refractivity contribution in [2.75, 3.05) is 19.6 Å². The molecule has 0 aromatic carbocycles. The molecular formula is C14H24ClF3N2O.